The third-order valence-corrected chi connectivity index (χ3v) is 2.42. The van der Waals surface area contributed by atoms with Crippen LogP contribution in [0.3, 0.4) is 0 Å². The molecule has 0 aliphatic heterocycles. The van der Waals surface area contributed by atoms with Gasteiger partial charge in [-0.2, -0.15) is 0 Å². The maximum Gasteiger partial charge on any atom is 0.324 e. The standard InChI is InChI=1S/C6H12O2P2/c7-9-5-3-1-2-4-6-10-8/h1-6H2/p+2. The molecule has 2 nitrogen and oxygen atoms in total. The van der Waals surface area contributed by atoms with Gasteiger partial charge in [0.2, 0.25) is 0 Å². The van der Waals surface area contributed by atoms with Gasteiger partial charge in [-0.25, -0.2) is 0 Å². The van der Waals surface area contributed by atoms with Crippen molar-refractivity contribution in [2.45, 2.75) is 25.7 Å². The highest BCUT2D eigenvalue weighted by molar-refractivity contribution is 7.23. The van der Waals surface area contributed by atoms with Crippen LogP contribution in [0.25, 0.3) is 0 Å². The minimum absolute atomic E-state index is 0.140. The Kier molecular flexibility index (Phi) is 9.38. The van der Waals surface area contributed by atoms with E-state index in [9.17, 15) is 9.13 Å². The van der Waals surface area contributed by atoms with Crippen LogP contribution in [0.5, 0.6) is 0 Å². The van der Waals surface area contributed by atoms with Gasteiger partial charge in [0.1, 0.15) is 12.3 Å². The molecule has 58 valence electrons. The van der Waals surface area contributed by atoms with Crippen LogP contribution in [0, 0.1) is 0 Å². The Hall–Kier alpha value is 0.200. The van der Waals surface area contributed by atoms with E-state index >= 15 is 0 Å². The van der Waals surface area contributed by atoms with E-state index in [0.717, 1.165) is 38.0 Å². The molecule has 0 aromatic heterocycles. The predicted octanol–water partition coefficient (Wildman–Crippen LogP) is 2.59. The van der Waals surface area contributed by atoms with Crippen molar-refractivity contribution < 1.29 is 9.13 Å². The van der Waals surface area contributed by atoms with Crippen LogP contribution in [-0.4, -0.2) is 12.3 Å². The van der Waals surface area contributed by atoms with Crippen LogP contribution >= 0.6 is 16.9 Å². The molecule has 0 heterocycles. The number of hydrogen-bond donors (Lipinski definition) is 0. The maximum absolute atomic E-state index is 10.00. The first-order valence-corrected chi connectivity index (χ1v) is 5.85. The van der Waals surface area contributed by atoms with Gasteiger partial charge in [-0.15, -0.1) is 0 Å². The minimum Gasteiger partial charge on any atom is -0.0775 e. The van der Waals surface area contributed by atoms with E-state index in [0.29, 0.717) is 0 Å². The molecule has 2 atom stereocenters. The molecule has 0 fully saturated rings. The van der Waals surface area contributed by atoms with Gasteiger partial charge in [-0.1, -0.05) is 9.13 Å². The normalized spacial score (nSPS) is 10.8. The highest BCUT2D eigenvalue weighted by Crippen LogP contribution is 2.06. The Bertz CT molecular complexity index is 83.7. The highest BCUT2D eigenvalue weighted by atomic mass is 31.1. The van der Waals surface area contributed by atoms with Crippen LogP contribution in [0.1, 0.15) is 25.7 Å². The van der Waals surface area contributed by atoms with E-state index in [1.54, 1.807) is 0 Å². The third kappa shape index (κ3) is 8.20. The van der Waals surface area contributed by atoms with Gasteiger partial charge in [0.15, 0.2) is 0 Å². The molecule has 0 amide bonds. The summed E-state index contributed by atoms with van der Waals surface area (Å²) in [5, 5.41) is 0. The summed E-state index contributed by atoms with van der Waals surface area (Å²) >= 11 is 0. The topological polar surface area (TPSA) is 34.1 Å². The molecule has 0 N–H and O–H groups in total. The molecular formula is C6H14O2P2+2. The molecule has 0 aliphatic carbocycles. The molecule has 10 heavy (non-hydrogen) atoms. The summed E-state index contributed by atoms with van der Waals surface area (Å²) in [6.07, 6.45) is 6.06. The van der Waals surface area contributed by atoms with Crippen LogP contribution in [0.2, 0.25) is 0 Å². The molecule has 0 saturated heterocycles. The highest BCUT2D eigenvalue weighted by Gasteiger charge is 1.95. The first-order valence-electron chi connectivity index (χ1n) is 3.62. The van der Waals surface area contributed by atoms with E-state index in [4.69, 9.17) is 0 Å². The third-order valence-electron chi connectivity index (χ3n) is 1.31. The molecule has 0 spiro atoms. The molecule has 4 heteroatoms. The predicted molar refractivity (Wildman–Crippen MR) is 46.2 cm³/mol. The Morgan fingerprint density at radius 3 is 1.40 bits per heavy atom. The van der Waals surface area contributed by atoms with E-state index in [1.165, 1.54) is 0 Å². The zero-order valence-corrected chi connectivity index (χ0v) is 8.06. The second kappa shape index (κ2) is 9.20. The summed E-state index contributed by atoms with van der Waals surface area (Å²) < 4.78 is 20.0. The van der Waals surface area contributed by atoms with Crippen molar-refractivity contribution in [2.75, 3.05) is 12.3 Å². The Morgan fingerprint density at radius 1 is 0.700 bits per heavy atom. The fourth-order valence-corrected chi connectivity index (χ4v) is 1.54. The molecule has 0 radical (unpaired) electrons. The number of rotatable bonds is 7. The Morgan fingerprint density at radius 2 is 1.10 bits per heavy atom. The average Bonchev–Trinajstić information content (AvgIpc) is 1.97. The van der Waals surface area contributed by atoms with E-state index in [2.05, 4.69) is 0 Å². The molecular weight excluding hydrogens is 166 g/mol. The fourth-order valence-electron chi connectivity index (χ4n) is 0.748. The lowest BCUT2D eigenvalue weighted by Crippen LogP contribution is -1.79. The summed E-state index contributed by atoms with van der Waals surface area (Å²) in [5.74, 6) is 0. The van der Waals surface area contributed by atoms with E-state index in [-0.39, 0.29) is 16.9 Å². The molecule has 0 aromatic rings. The lowest BCUT2D eigenvalue weighted by atomic mass is 10.2. The van der Waals surface area contributed by atoms with Crippen molar-refractivity contribution >= 4 is 16.9 Å². The van der Waals surface area contributed by atoms with Gasteiger partial charge in [-0.3, -0.25) is 0 Å². The summed E-state index contributed by atoms with van der Waals surface area (Å²) in [4.78, 5) is 0. The molecule has 0 aliphatic rings. The first kappa shape index (κ1) is 10.2. The fraction of sp³-hybridized carbons (Fsp3) is 1.00. The molecule has 0 bridgehead atoms. The van der Waals surface area contributed by atoms with Gasteiger partial charge < -0.3 is 0 Å². The summed E-state index contributed by atoms with van der Waals surface area (Å²) in [6, 6.07) is 0. The van der Waals surface area contributed by atoms with Crippen molar-refractivity contribution in [1.82, 2.24) is 0 Å². The van der Waals surface area contributed by atoms with Crippen molar-refractivity contribution in [2.24, 2.45) is 0 Å². The Balaban J connectivity index is 2.76. The second-order valence-corrected chi connectivity index (χ2v) is 3.78. The average molecular weight is 180 g/mol. The van der Waals surface area contributed by atoms with E-state index in [1.807, 2.05) is 0 Å². The van der Waals surface area contributed by atoms with Crippen LogP contribution in [-0.2, 0) is 9.13 Å². The van der Waals surface area contributed by atoms with Crippen molar-refractivity contribution in [3.05, 3.63) is 0 Å². The van der Waals surface area contributed by atoms with Crippen LogP contribution in [0.4, 0.5) is 0 Å². The van der Waals surface area contributed by atoms with Gasteiger partial charge in [0.05, 0.1) is 0 Å². The van der Waals surface area contributed by atoms with Crippen LogP contribution in [0.15, 0.2) is 0 Å². The molecule has 0 saturated carbocycles. The zero-order valence-electron chi connectivity index (χ0n) is 6.06. The zero-order chi connectivity index (χ0) is 7.66. The Labute approximate surface area is 64.8 Å². The SMILES string of the molecule is O=[PH+]CCCCCC[PH+]=O. The summed E-state index contributed by atoms with van der Waals surface area (Å²) in [7, 11) is -0.280. The lowest BCUT2D eigenvalue weighted by Gasteiger charge is -1.88. The monoisotopic (exact) mass is 180 g/mol. The minimum atomic E-state index is -0.140. The molecule has 0 aromatic carbocycles. The number of hydrogen-bond acceptors (Lipinski definition) is 2. The van der Waals surface area contributed by atoms with E-state index < -0.39 is 0 Å². The van der Waals surface area contributed by atoms with Gasteiger partial charge >= 0.3 is 16.9 Å². The lowest BCUT2D eigenvalue weighted by molar-refractivity contribution is 0.591. The van der Waals surface area contributed by atoms with Crippen molar-refractivity contribution in [3.8, 4) is 0 Å². The van der Waals surface area contributed by atoms with Crippen molar-refractivity contribution in [3.63, 3.8) is 0 Å². The van der Waals surface area contributed by atoms with Crippen molar-refractivity contribution in [1.29, 1.82) is 0 Å². The quantitative estimate of drug-likeness (QED) is 0.445. The summed E-state index contributed by atoms with van der Waals surface area (Å²) in [6.45, 7) is 0. The van der Waals surface area contributed by atoms with Gasteiger partial charge in [0.25, 0.3) is 0 Å². The first-order chi connectivity index (χ1) is 4.91. The molecule has 2 unspecified atom stereocenters. The second-order valence-electron chi connectivity index (χ2n) is 2.20. The smallest absolute Gasteiger partial charge is 0.0775 e. The van der Waals surface area contributed by atoms with Crippen LogP contribution < -0.4 is 0 Å². The summed E-state index contributed by atoms with van der Waals surface area (Å²) in [5.41, 5.74) is 0. The van der Waals surface area contributed by atoms with Gasteiger partial charge in [-0.05, 0) is 25.7 Å². The largest absolute Gasteiger partial charge is 0.324 e. The number of unbranched alkanes of at least 4 members (excludes halogenated alkanes) is 3. The van der Waals surface area contributed by atoms with Gasteiger partial charge in [0, 0.05) is 0 Å². The maximum atomic E-state index is 10.00. The molecule has 0 rings (SSSR count).